The van der Waals surface area contributed by atoms with Crippen molar-refractivity contribution in [2.24, 2.45) is 5.10 Å². The summed E-state index contributed by atoms with van der Waals surface area (Å²) in [5, 5.41) is 16.7. The molecule has 1 aliphatic rings. The normalized spacial score (nSPS) is 15.2. The number of H-pyrrole nitrogens is 1. The van der Waals surface area contributed by atoms with Gasteiger partial charge >= 0.3 is 5.69 Å². The van der Waals surface area contributed by atoms with Gasteiger partial charge in [0.25, 0.3) is 5.56 Å². The Hall–Kier alpha value is -4.34. The van der Waals surface area contributed by atoms with Crippen molar-refractivity contribution in [1.82, 2.24) is 14.6 Å². The molecule has 0 saturated carbocycles. The van der Waals surface area contributed by atoms with Crippen LogP contribution in [0.2, 0.25) is 0 Å². The van der Waals surface area contributed by atoms with E-state index in [4.69, 9.17) is 9.47 Å². The summed E-state index contributed by atoms with van der Waals surface area (Å²) >= 11 is 0. The predicted molar refractivity (Wildman–Crippen MR) is 125 cm³/mol. The molecule has 0 aliphatic carbocycles. The Bertz CT molecular complexity index is 1370. The molecule has 0 radical (unpaired) electrons. The zero-order chi connectivity index (χ0) is 24.4. The van der Waals surface area contributed by atoms with Crippen molar-refractivity contribution in [3.8, 4) is 23.1 Å². The summed E-state index contributed by atoms with van der Waals surface area (Å²) in [7, 11) is 1.43. The zero-order valence-corrected chi connectivity index (χ0v) is 18.9. The molecule has 34 heavy (non-hydrogen) atoms. The van der Waals surface area contributed by atoms with E-state index in [1.54, 1.807) is 36.4 Å². The summed E-state index contributed by atoms with van der Waals surface area (Å²) in [6.07, 6.45) is 0.161. The molecule has 0 fully saturated rings. The van der Waals surface area contributed by atoms with Gasteiger partial charge in [-0.05, 0) is 36.8 Å². The lowest BCUT2D eigenvalue weighted by Gasteiger charge is -2.20. The van der Waals surface area contributed by atoms with Crippen LogP contribution in [0.15, 0.2) is 63.2 Å². The number of carbonyl (C=O) groups is 1. The molecular formula is C24H24N4O6. The quantitative estimate of drug-likeness (QED) is 0.577. The van der Waals surface area contributed by atoms with Crippen LogP contribution in [0.4, 0.5) is 0 Å². The second kappa shape index (κ2) is 9.26. The van der Waals surface area contributed by atoms with E-state index in [9.17, 15) is 19.5 Å². The van der Waals surface area contributed by atoms with E-state index in [0.717, 1.165) is 10.1 Å². The van der Waals surface area contributed by atoms with Gasteiger partial charge in [-0.3, -0.25) is 14.6 Å². The van der Waals surface area contributed by atoms with Crippen LogP contribution in [0.3, 0.4) is 0 Å². The highest BCUT2D eigenvalue weighted by Gasteiger charge is 2.34. The van der Waals surface area contributed by atoms with Gasteiger partial charge in [0, 0.05) is 13.3 Å². The molecule has 10 heteroatoms. The molecule has 10 nitrogen and oxygen atoms in total. The lowest BCUT2D eigenvalue weighted by Crippen LogP contribution is -2.33. The monoisotopic (exact) mass is 464 g/mol. The van der Waals surface area contributed by atoms with Gasteiger partial charge < -0.3 is 14.6 Å². The molecule has 4 rings (SSSR count). The fourth-order valence-corrected chi connectivity index (χ4v) is 3.99. The Balaban J connectivity index is 1.80. The molecule has 0 bridgehead atoms. The maximum Gasteiger partial charge on any atom is 0.335 e. The van der Waals surface area contributed by atoms with Gasteiger partial charge in [0.05, 0.1) is 31.2 Å². The number of ether oxygens (including phenoxy) is 2. The third-order valence-electron chi connectivity index (χ3n) is 5.51. The van der Waals surface area contributed by atoms with Crippen molar-refractivity contribution in [1.29, 1.82) is 0 Å². The fraction of sp³-hybridized carbons (Fsp3) is 0.250. The van der Waals surface area contributed by atoms with E-state index >= 15 is 0 Å². The summed E-state index contributed by atoms with van der Waals surface area (Å²) in [6.45, 7) is 3.78. The number of amides is 1. The van der Waals surface area contributed by atoms with Gasteiger partial charge in [-0.25, -0.2) is 14.4 Å². The number of aromatic hydroxyl groups is 1. The standard InChI is InChI=1S/C24H24N4O6/c1-4-34-16-11-9-15(10-12-16)19-13-17(26-28(19)14(2)29)21-22(30)25-24(32)27(23(21)31)18-7-5-6-8-20(18)33-3/h5-12,19,31H,4,13H2,1-3H3,(H,25,30,32)/t19-/m0/s1. The minimum absolute atomic E-state index is 0.161. The molecule has 2 aromatic carbocycles. The smallest absolute Gasteiger partial charge is 0.335 e. The largest absolute Gasteiger partial charge is 0.495 e. The van der Waals surface area contributed by atoms with Gasteiger partial charge in [0.15, 0.2) is 0 Å². The van der Waals surface area contributed by atoms with Crippen molar-refractivity contribution >= 4 is 11.6 Å². The topological polar surface area (TPSA) is 126 Å². The van der Waals surface area contributed by atoms with Crippen LogP contribution in [0.1, 0.15) is 37.4 Å². The Kier molecular flexibility index (Phi) is 6.22. The van der Waals surface area contributed by atoms with Gasteiger partial charge in [0.1, 0.15) is 17.1 Å². The molecule has 1 amide bonds. The van der Waals surface area contributed by atoms with Crippen molar-refractivity contribution in [2.75, 3.05) is 13.7 Å². The number of aromatic nitrogens is 2. The Morgan fingerprint density at radius 1 is 1.18 bits per heavy atom. The second-order valence-electron chi connectivity index (χ2n) is 7.60. The lowest BCUT2D eigenvalue weighted by atomic mass is 9.99. The zero-order valence-electron chi connectivity index (χ0n) is 18.9. The van der Waals surface area contributed by atoms with E-state index < -0.39 is 23.2 Å². The minimum atomic E-state index is -0.833. The van der Waals surface area contributed by atoms with E-state index in [-0.39, 0.29) is 29.3 Å². The SMILES string of the molecule is CCOc1ccc([C@@H]2CC(c3c(O)n(-c4ccccc4OC)c(=O)[nH]c3=O)=NN2C(C)=O)cc1. The number of hydrogen-bond acceptors (Lipinski definition) is 7. The number of methoxy groups -OCH3 is 1. The number of aromatic amines is 1. The van der Waals surface area contributed by atoms with Crippen molar-refractivity contribution < 1.29 is 19.4 Å². The molecule has 0 saturated heterocycles. The Morgan fingerprint density at radius 3 is 2.53 bits per heavy atom. The molecule has 3 aromatic rings. The van der Waals surface area contributed by atoms with E-state index in [0.29, 0.717) is 18.1 Å². The number of nitrogens with zero attached hydrogens (tertiary/aromatic N) is 3. The first-order valence-corrected chi connectivity index (χ1v) is 10.7. The molecule has 176 valence electrons. The highest BCUT2D eigenvalue weighted by Crippen LogP contribution is 2.35. The first-order chi connectivity index (χ1) is 16.3. The summed E-state index contributed by atoms with van der Waals surface area (Å²) in [5.74, 6) is 0.0947. The average molecular weight is 464 g/mol. The van der Waals surface area contributed by atoms with E-state index in [1.165, 1.54) is 19.0 Å². The number of hydrazone groups is 1. The Morgan fingerprint density at radius 2 is 1.88 bits per heavy atom. The fourth-order valence-electron chi connectivity index (χ4n) is 3.99. The number of hydrogen-bond donors (Lipinski definition) is 2. The summed E-state index contributed by atoms with van der Waals surface area (Å²) in [4.78, 5) is 40.0. The first-order valence-electron chi connectivity index (χ1n) is 10.7. The van der Waals surface area contributed by atoms with Gasteiger partial charge in [-0.1, -0.05) is 24.3 Å². The molecule has 2 heterocycles. The van der Waals surface area contributed by atoms with Crippen LogP contribution < -0.4 is 20.7 Å². The van der Waals surface area contributed by atoms with Crippen LogP contribution in [-0.4, -0.2) is 45.0 Å². The molecule has 0 spiro atoms. The molecule has 1 aliphatic heterocycles. The third-order valence-corrected chi connectivity index (χ3v) is 5.51. The number of carbonyl (C=O) groups excluding carboxylic acids is 1. The van der Waals surface area contributed by atoms with Crippen molar-refractivity contribution in [3.63, 3.8) is 0 Å². The molecule has 0 unspecified atom stereocenters. The first kappa shape index (κ1) is 22.8. The number of rotatable bonds is 6. The number of para-hydroxylation sites is 2. The van der Waals surface area contributed by atoms with Crippen LogP contribution in [-0.2, 0) is 4.79 Å². The van der Waals surface area contributed by atoms with Crippen LogP contribution in [0.25, 0.3) is 5.69 Å². The minimum Gasteiger partial charge on any atom is -0.495 e. The maximum atomic E-state index is 12.8. The highest BCUT2D eigenvalue weighted by molar-refractivity contribution is 6.04. The molecule has 2 N–H and O–H groups in total. The average Bonchev–Trinajstić information content (AvgIpc) is 3.25. The summed E-state index contributed by atoms with van der Waals surface area (Å²) < 4.78 is 11.7. The van der Waals surface area contributed by atoms with Crippen LogP contribution in [0, 0.1) is 0 Å². The van der Waals surface area contributed by atoms with Crippen LogP contribution in [0.5, 0.6) is 17.4 Å². The number of benzene rings is 2. The van der Waals surface area contributed by atoms with Crippen molar-refractivity contribution in [3.05, 3.63) is 80.5 Å². The summed E-state index contributed by atoms with van der Waals surface area (Å²) in [5.41, 5.74) is -0.618. The van der Waals surface area contributed by atoms with Gasteiger partial charge in [-0.15, -0.1) is 0 Å². The number of nitrogens with one attached hydrogen (secondary N) is 1. The predicted octanol–water partition coefficient (Wildman–Crippen LogP) is 2.34. The molecular weight excluding hydrogens is 440 g/mol. The van der Waals surface area contributed by atoms with Gasteiger partial charge in [-0.2, -0.15) is 5.10 Å². The molecule has 1 atom stereocenters. The lowest BCUT2D eigenvalue weighted by molar-refractivity contribution is -0.130. The van der Waals surface area contributed by atoms with E-state index in [2.05, 4.69) is 10.1 Å². The van der Waals surface area contributed by atoms with Crippen LogP contribution >= 0.6 is 0 Å². The van der Waals surface area contributed by atoms with E-state index in [1.807, 2.05) is 19.1 Å². The third kappa shape index (κ3) is 4.05. The van der Waals surface area contributed by atoms with Crippen molar-refractivity contribution in [2.45, 2.75) is 26.3 Å². The second-order valence-corrected chi connectivity index (χ2v) is 7.60. The maximum absolute atomic E-state index is 12.8. The summed E-state index contributed by atoms with van der Waals surface area (Å²) in [6, 6.07) is 13.3. The molecule has 1 aromatic heterocycles. The Labute approximate surface area is 194 Å². The van der Waals surface area contributed by atoms with Gasteiger partial charge in [0.2, 0.25) is 11.8 Å². The highest BCUT2D eigenvalue weighted by atomic mass is 16.5.